The Morgan fingerprint density at radius 3 is 2.81 bits per heavy atom. The molecule has 2 nitrogen and oxygen atoms in total. The van der Waals surface area contributed by atoms with Crippen LogP contribution in [0, 0.1) is 5.82 Å². The van der Waals surface area contributed by atoms with E-state index in [1.807, 2.05) is 11.8 Å². The first-order valence-corrected chi connectivity index (χ1v) is 6.63. The van der Waals surface area contributed by atoms with Gasteiger partial charge in [-0.1, -0.05) is 19.1 Å². The third-order valence-corrected chi connectivity index (χ3v) is 3.20. The first-order chi connectivity index (χ1) is 7.77. The standard InChI is InChI=1S/C12H18FNOS/c1-2-16-8-7-10(9-15)14-12-6-4-3-5-11(12)13/h3-6,10,14-15H,2,7-9H2,1H3. The molecular formula is C12H18FNOS. The van der Waals surface area contributed by atoms with Crippen LogP contribution < -0.4 is 5.32 Å². The fourth-order valence-electron chi connectivity index (χ4n) is 1.38. The Kier molecular flexibility index (Phi) is 6.26. The SMILES string of the molecule is CCSCCC(CO)Nc1ccccc1F. The molecule has 0 aromatic heterocycles. The van der Waals surface area contributed by atoms with Crippen LogP contribution in [-0.4, -0.2) is 29.3 Å². The number of thioether (sulfide) groups is 1. The Morgan fingerprint density at radius 1 is 1.44 bits per heavy atom. The van der Waals surface area contributed by atoms with Crippen molar-refractivity contribution in [3.05, 3.63) is 30.1 Å². The molecule has 0 aliphatic carbocycles. The molecule has 2 N–H and O–H groups in total. The summed E-state index contributed by atoms with van der Waals surface area (Å²) in [6.07, 6.45) is 0.837. The van der Waals surface area contributed by atoms with Crippen LogP contribution in [0.1, 0.15) is 13.3 Å². The second-order valence-electron chi connectivity index (χ2n) is 3.49. The predicted molar refractivity (Wildman–Crippen MR) is 68.5 cm³/mol. The first-order valence-electron chi connectivity index (χ1n) is 5.47. The lowest BCUT2D eigenvalue weighted by Crippen LogP contribution is -2.25. The van der Waals surface area contributed by atoms with Gasteiger partial charge < -0.3 is 10.4 Å². The average molecular weight is 243 g/mol. The zero-order chi connectivity index (χ0) is 11.8. The Morgan fingerprint density at radius 2 is 2.19 bits per heavy atom. The molecule has 1 atom stereocenters. The summed E-state index contributed by atoms with van der Waals surface area (Å²) < 4.78 is 13.3. The maximum Gasteiger partial charge on any atom is 0.146 e. The van der Waals surface area contributed by atoms with E-state index in [0.29, 0.717) is 5.69 Å². The maximum atomic E-state index is 13.3. The summed E-state index contributed by atoms with van der Waals surface area (Å²) in [5, 5.41) is 12.2. The molecule has 0 saturated carbocycles. The van der Waals surface area contributed by atoms with E-state index in [2.05, 4.69) is 12.2 Å². The lowest BCUT2D eigenvalue weighted by molar-refractivity contribution is 0.272. The molecule has 16 heavy (non-hydrogen) atoms. The van der Waals surface area contributed by atoms with E-state index < -0.39 is 0 Å². The van der Waals surface area contributed by atoms with Gasteiger partial charge in [-0.2, -0.15) is 11.8 Å². The number of benzene rings is 1. The molecule has 0 aliphatic heterocycles. The summed E-state index contributed by atoms with van der Waals surface area (Å²) in [5.74, 6) is 1.77. The highest BCUT2D eigenvalue weighted by Crippen LogP contribution is 2.15. The Bertz CT molecular complexity index is 309. The zero-order valence-corrected chi connectivity index (χ0v) is 10.3. The molecule has 1 rings (SSSR count). The summed E-state index contributed by atoms with van der Waals surface area (Å²) in [5.41, 5.74) is 0.461. The molecule has 0 aliphatic rings. The molecule has 0 heterocycles. The second kappa shape index (κ2) is 7.52. The lowest BCUT2D eigenvalue weighted by atomic mass is 10.2. The molecule has 0 spiro atoms. The van der Waals surface area contributed by atoms with Crippen molar-refractivity contribution in [3.63, 3.8) is 0 Å². The molecule has 0 saturated heterocycles. The highest BCUT2D eigenvalue weighted by molar-refractivity contribution is 7.99. The van der Waals surface area contributed by atoms with Crippen LogP contribution >= 0.6 is 11.8 Å². The monoisotopic (exact) mass is 243 g/mol. The van der Waals surface area contributed by atoms with E-state index in [4.69, 9.17) is 0 Å². The Balaban J connectivity index is 2.46. The molecule has 0 fully saturated rings. The van der Waals surface area contributed by atoms with Crippen LogP contribution in [0.15, 0.2) is 24.3 Å². The summed E-state index contributed by atoms with van der Waals surface area (Å²) in [4.78, 5) is 0. The molecule has 1 aromatic rings. The Labute approximate surface area is 100 Å². The normalized spacial score (nSPS) is 12.4. The fourth-order valence-corrected chi connectivity index (χ4v) is 2.12. The average Bonchev–Trinajstić information content (AvgIpc) is 2.30. The highest BCUT2D eigenvalue weighted by atomic mass is 32.2. The van der Waals surface area contributed by atoms with Gasteiger partial charge in [0.2, 0.25) is 0 Å². The summed E-state index contributed by atoms with van der Waals surface area (Å²) in [7, 11) is 0. The number of hydrogen-bond acceptors (Lipinski definition) is 3. The highest BCUT2D eigenvalue weighted by Gasteiger charge is 2.09. The third-order valence-electron chi connectivity index (χ3n) is 2.27. The van der Waals surface area contributed by atoms with Crippen LogP contribution in [0.3, 0.4) is 0 Å². The van der Waals surface area contributed by atoms with Crippen molar-refractivity contribution in [3.8, 4) is 0 Å². The van der Waals surface area contributed by atoms with Gasteiger partial charge in [-0.3, -0.25) is 0 Å². The van der Waals surface area contributed by atoms with Crippen LogP contribution in [0.2, 0.25) is 0 Å². The second-order valence-corrected chi connectivity index (χ2v) is 4.88. The number of aliphatic hydroxyl groups excluding tert-OH is 1. The van der Waals surface area contributed by atoms with Crippen molar-refractivity contribution in [1.29, 1.82) is 0 Å². The summed E-state index contributed by atoms with van der Waals surface area (Å²) >= 11 is 1.82. The van der Waals surface area contributed by atoms with Crippen LogP contribution in [0.4, 0.5) is 10.1 Å². The van der Waals surface area contributed by atoms with E-state index in [1.54, 1.807) is 18.2 Å². The number of para-hydroxylation sites is 1. The van der Waals surface area contributed by atoms with E-state index in [1.165, 1.54) is 6.07 Å². The van der Waals surface area contributed by atoms with E-state index >= 15 is 0 Å². The number of rotatable bonds is 7. The minimum atomic E-state index is -0.274. The molecular weight excluding hydrogens is 225 g/mol. The minimum absolute atomic E-state index is 0.0264. The predicted octanol–water partition coefficient (Wildman–Crippen LogP) is 2.74. The number of hydrogen-bond donors (Lipinski definition) is 2. The zero-order valence-electron chi connectivity index (χ0n) is 9.45. The summed E-state index contributed by atoms with van der Waals surface area (Å²) in [6, 6.07) is 6.46. The summed E-state index contributed by atoms with van der Waals surface area (Å²) in [6.45, 7) is 2.13. The Hall–Kier alpha value is -0.740. The van der Waals surface area contributed by atoms with Gasteiger partial charge in [0.1, 0.15) is 5.82 Å². The largest absolute Gasteiger partial charge is 0.394 e. The molecule has 4 heteroatoms. The smallest absolute Gasteiger partial charge is 0.146 e. The van der Waals surface area contributed by atoms with Crippen molar-refractivity contribution in [2.45, 2.75) is 19.4 Å². The number of halogens is 1. The van der Waals surface area contributed by atoms with Crippen molar-refractivity contribution >= 4 is 17.4 Å². The van der Waals surface area contributed by atoms with Crippen LogP contribution in [0.5, 0.6) is 0 Å². The van der Waals surface area contributed by atoms with Gasteiger partial charge in [-0.25, -0.2) is 4.39 Å². The lowest BCUT2D eigenvalue weighted by Gasteiger charge is -2.17. The van der Waals surface area contributed by atoms with Crippen molar-refractivity contribution in [1.82, 2.24) is 0 Å². The number of aliphatic hydroxyl groups is 1. The van der Waals surface area contributed by atoms with Crippen molar-refractivity contribution < 1.29 is 9.50 Å². The number of anilines is 1. The molecule has 1 unspecified atom stereocenters. The topological polar surface area (TPSA) is 32.3 Å². The minimum Gasteiger partial charge on any atom is -0.394 e. The van der Waals surface area contributed by atoms with Crippen LogP contribution in [-0.2, 0) is 0 Å². The van der Waals surface area contributed by atoms with E-state index in [-0.39, 0.29) is 18.5 Å². The quantitative estimate of drug-likeness (QED) is 0.722. The van der Waals surface area contributed by atoms with Crippen molar-refractivity contribution in [2.24, 2.45) is 0 Å². The van der Waals surface area contributed by atoms with Gasteiger partial charge >= 0.3 is 0 Å². The van der Waals surface area contributed by atoms with E-state index in [0.717, 1.165) is 17.9 Å². The van der Waals surface area contributed by atoms with Gasteiger partial charge in [0, 0.05) is 0 Å². The maximum absolute atomic E-state index is 13.3. The van der Waals surface area contributed by atoms with Gasteiger partial charge in [-0.15, -0.1) is 0 Å². The van der Waals surface area contributed by atoms with Crippen LogP contribution in [0.25, 0.3) is 0 Å². The van der Waals surface area contributed by atoms with Gasteiger partial charge in [0.25, 0.3) is 0 Å². The fraction of sp³-hybridized carbons (Fsp3) is 0.500. The van der Waals surface area contributed by atoms with Crippen molar-refractivity contribution in [2.75, 3.05) is 23.4 Å². The number of nitrogens with one attached hydrogen (secondary N) is 1. The molecule has 0 radical (unpaired) electrons. The third kappa shape index (κ3) is 4.41. The molecule has 1 aromatic carbocycles. The van der Waals surface area contributed by atoms with Gasteiger partial charge in [0.15, 0.2) is 0 Å². The van der Waals surface area contributed by atoms with Gasteiger partial charge in [-0.05, 0) is 30.1 Å². The molecule has 90 valence electrons. The first kappa shape index (κ1) is 13.3. The van der Waals surface area contributed by atoms with Gasteiger partial charge in [0.05, 0.1) is 18.3 Å². The molecule has 0 bridgehead atoms. The molecule has 0 amide bonds. The van der Waals surface area contributed by atoms with E-state index in [9.17, 15) is 9.50 Å².